The molecule has 0 unspecified atom stereocenters. The van der Waals surface area contributed by atoms with Gasteiger partial charge < -0.3 is 10.5 Å². The van der Waals surface area contributed by atoms with Gasteiger partial charge in [0.15, 0.2) is 0 Å². The quantitative estimate of drug-likeness (QED) is 0.613. The number of hydrogen-bond donors (Lipinski definition) is 2. The van der Waals surface area contributed by atoms with Gasteiger partial charge in [-0.25, -0.2) is 8.42 Å². The SMILES string of the molecule is COCCCS(=O)(=O)Nc1ccc(N)cc1Cl. The molecular formula is C10H15ClN2O3S. The molecule has 1 aromatic carbocycles. The summed E-state index contributed by atoms with van der Waals surface area (Å²) in [6.45, 7) is 0.399. The number of ether oxygens (including phenoxy) is 1. The first-order chi connectivity index (χ1) is 7.94. The maximum atomic E-state index is 11.7. The molecule has 0 amide bonds. The van der Waals surface area contributed by atoms with Crippen LogP contribution in [-0.2, 0) is 14.8 Å². The number of anilines is 2. The molecule has 0 saturated heterocycles. The van der Waals surface area contributed by atoms with Crippen molar-refractivity contribution in [1.82, 2.24) is 0 Å². The molecule has 0 aliphatic rings. The predicted molar refractivity (Wildman–Crippen MR) is 69.8 cm³/mol. The lowest BCUT2D eigenvalue weighted by molar-refractivity contribution is 0.199. The van der Waals surface area contributed by atoms with Crippen LogP contribution in [0.5, 0.6) is 0 Å². The summed E-state index contributed by atoms with van der Waals surface area (Å²) in [5.41, 5.74) is 6.33. The smallest absolute Gasteiger partial charge is 0.232 e. The van der Waals surface area contributed by atoms with E-state index in [4.69, 9.17) is 22.1 Å². The molecule has 0 heterocycles. The lowest BCUT2D eigenvalue weighted by Gasteiger charge is -2.09. The van der Waals surface area contributed by atoms with Crippen molar-refractivity contribution in [2.75, 3.05) is 29.9 Å². The molecule has 7 heteroatoms. The number of rotatable bonds is 6. The molecule has 0 aromatic heterocycles. The van der Waals surface area contributed by atoms with Crippen molar-refractivity contribution >= 4 is 33.0 Å². The van der Waals surface area contributed by atoms with E-state index in [0.717, 1.165) is 0 Å². The van der Waals surface area contributed by atoms with Gasteiger partial charge in [0.05, 0.1) is 16.5 Å². The van der Waals surface area contributed by atoms with Crippen LogP contribution in [0.3, 0.4) is 0 Å². The second kappa shape index (κ2) is 6.09. The third kappa shape index (κ3) is 4.80. The third-order valence-corrected chi connectivity index (χ3v) is 3.69. The standard InChI is InChI=1S/C10H15ClN2O3S/c1-16-5-2-6-17(14,15)13-10-4-3-8(12)7-9(10)11/h3-4,7,13H,2,5-6,12H2,1H3. The Bertz CT molecular complexity index is 476. The van der Waals surface area contributed by atoms with Crippen LogP contribution in [0.25, 0.3) is 0 Å². The van der Waals surface area contributed by atoms with Crippen LogP contribution in [-0.4, -0.2) is 27.9 Å². The number of sulfonamides is 1. The van der Waals surface area contributed by atoms with E-state index in [2.05, 4.69) is 4.72 Å². The molecule has 0 aliphatic carbocycles. The Morgan fingerprint density at radius 1 is 1.47 bits per heavy atom. The van der Waals surface area contributed by atoms with Crippen LogP contribution in [0.1, 0.15) is 6.42 Å². The molecule has 3 N–H and O–H groups in total. The largest absolute Gasteiger partial charge is 0.399 e. The van der Waals surface area contributed by atoms with Crippen molar-refractivity contribution in [1.29, 1.82) is 0 Å². The highest BCUT2D eigenvalue weighted by molar-refractivity contribution is 7.92. The summed E-state index contributed by atoms with van der Waals surface area (Å²) in [6.07, 6.45) is 0.429. The maximum Gasteiger partial charge on any atom is 0.232 e. The first kappa shape index (κ1) is 14.1. The van der Waals surface area contributed by atoms with E-state index >= 15 is 0 Å². The van der Waals surface area contributed by atoms with E-state index in [1.54, 1.807) is 6.07 Å². The topological polar surface area (TPSA) is 81.4 Å². The Labute approximate surface area is 106 Å². The molecule has 1 aromatic rings. The van der Waals surface area contributed by atoms with Crippen LogP contribution < -0.4 is 10.5 Å². The number of nitrogen functional groups attached to an aromatic ring is 1. The fourth-order valence-electron chi connectivity index (χ4n) is 1.23. The molecule has 0 spiro atoms. The molecular weight excluding hydrogens is 264 g/mol. The normalized spacial score (nSPS) is 11.4. The van der Waals surface area contributed by atoms with Crippen LogP contribution in [0, 0.1) is 0 Å². The first-order valence-corrected chi connectivity index (χ1v) is 7.02. The van der Waals surface area contributed by atoms with Crippen LogP contribution in [0.4, 0.5) is 11.4 Å². The molecule has 0 atom stereocenters. The summed E-state index contributed by atoms with van der Waals surface area (Å²) in [7, 11) is -1.87. The van der Waals surface area contributed by atoms with Gasteiger partial charge in [0.2, 0.25) is 10.0 Å². The fraction of sp³-hybridized carbons (Fsp3) is 0.400. The molecule has 0 radical (unpaired) electrons. The molecule has 0 saturated carbocycles. The summed E-state index contributed by atoms with van der Waals surface area (Å²) in [5.74, 6) is -0.0124. The van der Waals surface area contributed by atoms with Crippen molar-refractivity contribution in [2.24, 2.45) is 0 Å². The Morgan fingerprint density at radius 3 is 2.76 bits per heavy atom. The van der Waals surface area contributed by atoms with Gasteiger partial charge in [-0.3, -0.25) is 4.72 Å². The summed E-state index contributed by atoms with van der Waals surface area (Å²) >= 11 is 5.87. The Kier molecular flexibility index (Phi) is 5.04. The van der Waals surface area contributed by atoms with Crippen molar-refractivity contribution in [3.8, 4) is 0 Å². The average Bonchev–Trinajstić information content (AvgIpc) is 2.22. The van der Waals surface area contributed by atoms with Crippen LogP contribution in [0.15, 0.2) is 18.2 Å². The molecule has 0 fully saturated rings. The molecule has 0 bridgehead atoms. The van der Waals surface area contributed by atoms with E-state index in [0.29, 0.717) is 24.4 Å². The number of halogens is 1. The summed E-state index contributed by atoms with van der Waals surface area (Å²) < 4.78 is 30.5. The second-order valence-electron chi connectivity index (χ2n) is 3.51. The zero-order chi connectivity index (χ0) is 12.9. The highest BCUT2D eigenvalue weighted by Crippen LogP contribution is 2.25. The summed E-state index contributed by atoms with van der Waals surface area (Å²) in [6, 6.07) is 4.61. The number of benzene rings is 1. The Morgan fingerprint density at radius 2 is 2.18 bits per heavy atom. The highest BCUT2D eigenvalue weighted by atomic mass is 35.5. The third-order valence-electron chi connectivity index (χ3n) is 2.02. The highest BCUT2D eigenvalue weighted by Gasteiger charge is 2.12. The lowest BCUT2D eigenvalue weighted by atomic mass is 10.3. The van der Waals surface area contributed by atoms with Crippen molar-refractivity contribution in [3.63, 3.8) is 0 Å². The number of hydrogen-bond acceptors (Lipinski definition) is 4. The summed E-state index contributed by atoms with van der Waals surface area (Å²) in [5, 5.41) is 0.278. The van der Waals surface area contributed by atoms with Crippen LogP contribution in [0.2, 0.25) is 5.02 Å². The van der Waals surface area contributed by atoms with Gasteiger partial charge in [-0.15, -0.1) is 0 Å². The number of methoxy groups -OCH3 is 1. The molecule has 96 valence electrons. The van der Waals surface area contributed by atoms with E-state index < -0.39 is 10.0 Å². The molecule has 5 nitrogen and oxygen atoms in total. The van der Waals surface area contributed by atoms with E-state index in [1.165, 1.54) is 19.2 Å². The van der Waals surface area contributed by atoms with Crippen LogP contribution >= 0.6 is 11.6 Å². The first-order valence-electron chi connectivity index (χ1n) is 4.99. The maximum absolute atomic E-state index is 11.7. The predicted octanol–water partition coefficient (Wildman–Crippen LogP) is 1.70. The zero-order valence-electron chi connectivity index (χ0n) is 9.44. The molecule has 1 rings (SSSR count). The monoisotopic (exact) mass is 278 g/mol. The van der Waals surface area contributed by atoms with E-state index in [1.807, 2.05) is 0 Å². The molecule has 17 heavy (non-hydrogen) atoms. The van der Waals surface area contributed by atoms with Gasteiger partial charge in [-0.1, -0.05) is 11.6 Å². The van der Waals surface area contributed by atoms with Gasteiger partial charge in [-0.2, -0.15) is 0 Å². The minimum atomic E-state index is -3.40. The van der Waals surface area contributed by atoms with Gasteiger partial charge in [0.1, 0.15) is 0 Å². The van der Waals surface area contributed by atoms with E-state index in [9.17, 15) is 8.42 Å². The lowest BCUT2D eigenvalue weighted by Crippen LogP contribution is -2.18. The minimum Gasteiger partial charge on any atom is -0.399 e. The number of nitrogens with two attached hydrogens (primary N) is 1. The Hall–Kier alpha value is -0.980. The zero-order valence-corrected chi connectivity index (χ0v) is 11.0. The average molecular weight is 279 g/mol. The van der Waals surface area contributed by atoms with Gasteiger partial charge in [0, 0.05) is 19.4 Å². The summed E-state index contributed by atoms with van der Waals surface area (Å²) in [4.78, 5) is 0. The minimum absolute atomic E-state index is 0.0124. The Balaban J connectivity index is 2.69. The van der Waals surface area contributed by atoms with Gasteiger partial charge >= 0.3 is 0 Å². The van der Waals surface area contributed by atoms with Crippen molar-refractivity contribution < 1.29 is 13.2 Å². The van der Waals surface area contributed by atoms with E-state index in [-0.39, 0.29) is 10.8 Å². The van der Waals surface area contributed by atoms with Gasteiger partial charge in [0.25, 0.3) is 0 Å². The fourth-order valence-corrected chi connectivity index (χ4v) is 2.63. The molecule has 0 aliphatic heterocycles. The van der Waals surface area contributed by atoms with Crippen molar-refractivity contribution in [2.45, 2.75) is 6.42 Å². The second-order valence-corrected chi connectivity index (χ2v) is 5.76. The number of nitrogens with one attached hydrogen (secondary N) is 1. The van der Waals surface area contributed by atoms with Crippen molar-refractivity contribution in [3.05, 3.63) is 23.2 Å². The van der Waals surface area contributed by atoms with Gasteiger partial charge in [-0.05, 0) is 24.6 Å².